The Hall–Kier alpha value is -0.610. The quantitative estimate of drug-likeness (QED) is 0.455. The summed E-state index contributed by atoms with van der Waals surface area (Å²) in [6.07, 6.45) is 1.03. The Labute approximate surface area is 67.5 Å². The molecule has 0 aliphatic rings. The minimum atomic E-state index is -0.0547. The van der Waals surface area contributed by atoms with Gasteiger partial charge in [0.25, 0.3) is 5.91 Å². The van der Waals surface area contributed by atoms with Crippen LogP contribution >= 0.6 is 0 Å². The molecule has 0 aliphatic heterocycles. The summed E-state index contributed by atoms with van der Waals surface area (Å²) >= 11 is 0. The molecule has 0 bridgehead atoms. The van der Waals surface area contributed by atoms with Gasteiger partial charge in [0, 0.05) is 7.05 Å². The molecule has 0 fully saturated rings. The minimum absolute atomic E-state index is 0.0547. The predicted molar refractivity (Wildman–Crippen MR) is 42.9 cm³/mol. The highest BCUT2D eigenvalue weighted by atomic mass is 16.7. The number of hydrogen-bond donors (Lipinski definition) is 1. The Kier molecular flexibility index (Phi) is 5.78. The molecule has 0 unspecified atom stereocenters. The summed E-state index contributed by atoms with van der Waals surface area (Å²) in [6.45, 7) is 3.26. The number of carbonyl (C=O) groups excluding carboxylic acids is 1. The van der Waals surface area contributed by atoms with Crippen LogP contribution in [0.1, 0.15) is 13.3 Å². The van der Waals surface area contributed by atoms with E-state index >= 15 is 0 Å². The summed E-state index contributed by atoms with van der Waals surface area (Å²) in [4.78, 5) is 15.7. The maximum Gasteiger partial charge on any atom is 0.259 e. The molecule has 0 aromatic carbocycles. The van der Waals surface area contributed by atoms with E-state index in [2.05, 4.69) is 17.1 Å². The molecule has 0 rings (SSSR count). The van der Waals surface area contributed by atoms with E-state index in [0.29, 0.717) is 6.54 Å². The monoisotopic (exact) mass is 160 g/mol. The fraction of sp³-hybridized carbons (Fsp3) is 0.857. The van der Waals surface area contributed by atoms with Gasteiger partial charge in [0.05, 0.1) is 13.7 Å². The molecule has 11 heavy (non-hydrogen) atoms. The van der Waals surface area contributed by atoms with E-state index in [1.807, 2.05) is 0 Å². The third-order valence-corrected chi connectivity index (χ3v) is 1.33. The van der Waals surface area contributed by atoms with Crippen molar-refractivity contribution in [2.24, 2.45) is 0 Å². The molecule has 0 aliphatic carbocycles. The number of amides is 1. The molecule has 0 spiro atoms. The maximum atomic E-state index is 11.0. The van der Waals surface area contributed by atoms with Crippen LogP contribution in [0.3, 0.4) is 0 Å². The average Bonchev–Trinajstić information content (AvgIpc) is 2.03. The zero-order valence-corrected chi connectivity index (χ0v) is 7.39. The second-order valence-electron chi connectivity index (χ2n) is 2.25. The van der Waals surface area contributed by atoms with Crippen molar-refractivity contribution in [3.63, 3.8) is 0 Å². The van der Waals surface area contributed by atoms with Crippen molar-refractivity contribution in [1.82, 2.24) is 10.4 Å². The number of nitrogens with one attached hydrogen (secondary N) is 1. The second-order valence-corrected chi connectivity index (χ2v) is 2.25. The third-order valence-electron chi connectivity index (χ3n) is 1.33. The van der Waals surface area contributed by atoms with Gasteiger partial charge in [-0.05, 0) is 13.0 Å². The van der Waals surface area contributed by atoms with Crippen molar-refractivity contribution in [3.05, 3.63) is 0 Å². The number of likely N-dealkylation sites (N-methyl/N-ethyl adjacent to an activating group) is 1. The maximum absolute atomic E-state index is 11.0. The largest absolute Gasteiger partial charge is 0.308 e. The first-order valence-electron chi connectivity index (χ1n) is 3.73. The summed E-state index contributed by atoms with van der Waals surface area (Å²) in [5.41, 5.74) is 0. The van der Waals surface area contributed by atoms with Crippen molar-refractivity contribution >= 4 is 5.91 Å². The van der Waals surface area contributed by atoms with Crippen molar-refractivity contribution in [2.45, 2.75) is 13.3 Å². The molecule has 4 heteroatoms. The molecule has 1 N–H and O–H groups in total. The summed E-state index contributed by atoms with van der Waals surface area (Å²) in [6, 6.07) is 0. The number of carbonyl (C=O) groups is 1. The van der Waals surface area contributed by atoms with Crippen molar-refractivity contribution in [2.75, 3.05) is 27.2 Å². The number of nitrogens with zero attached hydrogens (tertiary/aromatic N) is 1. The van der Waals surface area contributed by atoms with Gasteiger partial charge in [0.2, 0.25) is 0 Å². The molecule has 0 aromatic heterocycles. The highest BCUT2D eigenvalue weighted by molar-refractivity contribution is 5.76. The van der Waals surface area contributed by atoms with Crippen LogP contribution in [-0.4, -0.2) is 38.2 Å². The van der Waals surface area contributed by atoms with Gasteiger partial charge in [-0.3, -0.25) is 9.63 Å². The second kappa shape index (κ2) is 6.12. The summed E-state index contributed by atoms with van der Waals surface area (Å²) in [7, 11) is 3.06. The summed E-state index contributed by atoms with van der Waals surface area (Å²) in [5.74, 6) is -0.0547. The average molecular weight is 160 g/mol. The first-order valence-corrected chi connectivity index (χ1v) is 3.73. The molecular weight excluding hydrogens is 144 g/mol. The summed E-state index contributed by atoms with van der Waals surface area (Å²) < 4.78 is 0. The lowest BCUT2D eigenvalue weighted by Crippen LogP contribution is -2.35. The number of hydrogen-bond acceptors (Lipinski definition) is 3. The van der Waals surface area contributed by atoms with Gasteiger partial charge in [-0.2, -0.15) is 0 Å². The fourth-order valence-electron chi connectivity index (χ4n) is 0.585. The van der Waals surface area contributed by atoms with Crippen LogP contribution in [0.2, 0.25) is 0 Å². The van der Waals surface area contributed by atoms with E-state index in [1.54, 1.807) is 7.05 Å². The third kappa shape index (κ3) is 4.75. The van der Waals surface area contributed by atoms with Crippen LogP contribution in [0, 0.1) is 0 Å². The van der Waals surface area contributed by atoms with Crippen LogP contribution in [0.15, 0.2) is 0 Å². The van der Waals surface area contributed by atoms with Crippen LogP contribution in [0.4, 0.5) is 0 Å². The van der Waals surface area contributed by atoms with Crippen LogP contribution in [0.5, 0.6) is 0 Å². The Balaban J connectivity index is 3.36. The van der Waals surface area contributed by atoms with E-state index in [4.69, 9.17) is 0 Å². The van der Waals surface area contributed by atoms with Crippen molar-refractivity contribution in [1.29, 1.82) is 0 Å². The van der Waals surface area contributed by atoms with E-state index < -0.39 is 0 Å². The standard InChI is InChI=1S/C7H16N2O2/c1-4-5-8-6-7(10)9(2)11-3/h8H,4-6H2,1-3H3. The van der Waals surface area contributed by atoms with Gasteiger partial charge in [0.1, 0.15) is 0 Å². The Morgan fingerprint density at radius 2 is 2.27 bits per heavy atom. The van der Waals surface area contributed by atoms with Crippen LogP contribution < -0.4 is 5.32 Å². The van der Waals surface area contributed by atoms with Crippen molar-refractivity contribution in [3.8, 4) is 0 Å². The van der Waals surface area contributed by atoms with Gasteiger partial charge in [-0.25, -0.2) is 5.06 Å². The minimum Gasteiger partial charge on any atom is -0.308 e. The highest BCUT2D eigenvalue weighted by Crippen LogP contribution is 1.81. The zero-order chi connectivity index (χ0) is 8.69. The number of rotatable bonds is 5. The van der Waals surface area contributed by atoms with E-state index in [0.717, 1.165) is 13.0 Å². The summed E-state index contributed by atoms with van der Waals surface area (Å²) in [5, 5.41) is 4.19. The molecule has 4 nitrogen and oxygen atoms in total. The molecule has 1 amide bonds. The van der Waals surface area contributed by atoms with Gasteiger partial charge in [-0.1, -0.05) is 6.92 Å². The Bertz CT molecular complexity index is 117. The zero-order valence-electron chi connectivity index (χ0n) is 7.39. The van der Waals surface area contributed by atoms with Gasteiger partial charge >= 0.3 is 0 Å². The normalized spacial score (nSPS) is 9.73. The van der Waals surface area contributed by atoms with E-state index in [1.165, 1.54) is 12.2 Å². The Morgan fingerprint density at radius 3 is 2.73 bits per heavy atom. The predicted octanol–water partition coefficient (Wildman–Crippen LogP) is 0.00580. The first-order chi connectivity index (χ1) is 5.22. The topological polar surface area (TPSA) is 41.6 Å². The van der Waals surface area contributed by atoms with E-state index in [9.17, 15) is 4.79 Å². The van der Waals surface area contributed by atoms with Gasteiger partial charge in [-0.15, -0.1) is 0 Å². The Morgan fingerprint density at radius 1 is 1.64 bits per heavy atom. The van der Waals surface area contributed by atoms with Crippen LogP contribution in [-0.2, 0) is 9.63 Å². The molecular formula is C7H16N2O2. The molecule has 0 saturated carbocycles. The molecule has 0 aromatic rings. The van der Waals surface area contributed by atoms with E-state index in [-0.39, 0.29) is 5.91 Å². The number of hydroxylamine groups is 2. The molecule has 0 heterocycles. The molecule has 66 valence electrons. The fourth-order valence-corrected chi connectivity index (χ4v) is 0.585. The molecule has 0 atom stereocenters. The molecule has 0 saturated heterocycles. The lowest BCUT2D eigenvalue weighted by atomic mass is 10.4. The van der Waals surface area contributed by atoms with Gasteiger partial charge in [0.15, 0.2) is 0 Å². The lowest BCUT2D eigenvalue weighted by Gasteiger charge is -2.13. The lowest BCUT2D eigenvalue weighted by molar-refractivity contribution is -0.167. The van der Waals surface area contributed by atoms with Crippen molar-refractivity contribution < 1.29 is 9.63 Å². The van der Waals surface area contributed by atoms with Gasteiger partial charge < -0.3 is 5.32 Å². The van der Waals surface area contributed by atoms with Crippen LogP contribution in [0.25, 0.3) is 0 Å². The molecule has 0 radical (unpaired) electrons. The SMILES string of the molecule is CCCNCC(=O)N(C)OC. The smallest absolute Gasteiger partial charge is 0.259 e. The highest BCUT2D eigenvalue weighted by Gasteiger charge is 2.04. The first kappa shape index (κ1) is 10.4.